The molecule has 1 heterocycles. The van der Waals surface area contributed by atoms with Crippen LogP contribution < -0.4 is 5.63 Å². The maximum absolute atomic E-state index is 10.8. The van der Waals surface area contributed by atoms with Crippen molar-refractivity contribution in [1.82, 2.24) is 0 Å². The molecule has 3 rings (SSSR count). The molecule has 4 nitrogen and oxygen atoms in total. The van der Waals surface area contributed by atoms with Crippen LogP contribution in [0.15, 0.2) is 74.5 Å². The van der Waals surface area contributed by atoms with E-state index in [2.05, 4.69) is 0 Å². The van der Waals surface area contributed by atoms with E-state index in [1.807, 2.05) is 12.2 Å². The Balaban J connectivity index is 0.000000168. The molecule has 0 spiro atoms. The number of carbonyl (C=O) groups is 1. The number of aromatic hydroxyl groups is 1. The average molecular weight is 331 g/mol. The quantitative estimate of drug-likeness (QED) is 0.632. The SMILES string of the molecule is CC(=O)/C=C1\C=CC(Cl)=CC1.O=c1cc(O)c2ccccc2o1. The van der Waals surface area contributed by atoms with Crippen LogP contribution in [0.25, 0.3) is 11.0 Å². The molecule has 1 N–H and O–H groups in total. The minimum atomic E-state index is -0.536. The van der Waals surface area contributed by atoms with Crippen LogP contribution in [0.1, 0.15) is 13.3 Å². The first kappa shape index (κ1) is 16.8. The molecule has 0 saturated carbocycles. The van der Waals surface area contributed by atoms with E-state index in [1.165, 1.54) is 0 Å². The van der Waals surface area contributed by atoms with Crippen molar-refractivity contribution in [2.75, 3.05) is 0 Å². The van der Waals surface area contributed by atoms with Gasteiger partial charge < -0.3 is 9.52 Å². The molecular weight excluding hydrogens is 316 g/mol. The van der Waals surface area contributed by atoms with Gasteiger partial charge in [-0.05, 0) is 43.2 Å². The van der Waals surface area contributed by atoms with Crippen LogP contribution in [-0.2, 0) is 4.79 Å². The number of halogens is 1. The molecule has 0 unspecified atom stereocenters. The second-order valence-electron chi connectivity index (χ2n) is 4.90. The zero-order valence-electron chi connectivity index (χ0n) is 12.5. The summed E-state index contributed by atoms with van der Waals surface area (Å²) in [6.07, 6.45) is 7.92. The number of ketones is 1. The van der Waals surface area contributed by atoms with Gasteiger partial charge in [0.25, 0.3) is 0 Å². The van der Waals surface area contributed by atoms with E-state index in [9.17, 15) is 14.7 Å². The Morgan fingerprint density at radius 3 is 2.70 bits per heavy atom. The van der Waals surface area contributed by atoms with Crippen molar-refractivity contribution in [2.45, 2.75) is 13.3 Å². The summed E-state index contributed by atoms with van der Waals surface area (Å²) in [5.41, 5.74) is 0.885. The molecule has 1 aliphatic rings. The lowest BCUT2D eigenvalue weighted by atomic mass is 10.1. The first-order valence-electron chi connectivity index (χ1n) is 6.92. The number of hydrogen-bond donors (Lipinski definition) is 1. The third kappa shape index (κ3) is 4.97. The van der Waals surface area contributed by atoms with Crippen LogP contribution in [0.2, 0.25) is 0 Å². The van der Waals surface area contributed by atoms with Crippen molar-refractivity contribution < 1.29 is 14.3 Å². The summed E-state index contributed by atoms with van der Waals surface area (Å²) in [6.45, 7) is 1.54. The summed E-state index contributed by atoms with van der Waals surface area (Å²) in [7, 11) is 0. The van der Waals surface area contributed by atoms with Crippen LogP contribution in [0.3, 0.4) is 0 Å². The minimum Gasteiger partial charge on any atom is -0.507 e. The zero-order chi connectivity index (χ0) is 16.8. The Labute approximate surface area is 138 Å². The second-order valence-corrected chi connectivity index (χ2v) is 5.34. The third-order valence-corrected chi connectivity index (χ3v) is 3.29. The molecule has 23 heavy (non-hydrogen) atoms. The van der Waals surface area contributed by atoms with E-state index in [4.69, 9.17) is 16.0 Å². The summed E-state index contributed by atoms with van der Waals surface area (Å²) in [5.74, 6) is 0.0397. The molecule has 0 saturated heterocycles. The topological polar surface area (TPSA) is 67.5 Å². The molecule has 0 fully saturated rings. The molecule has 1 aromatic carbocycles. The van der Waals surface area contributed by atoms with Crippen LogP contribution in [-0.4, -0.2) is 10.9 Å². The second kappa shape index (κ2) is 7.61. The summed E-state index contributed by atoms with van der Waals surface area (Å²) in [5, 5.41) is 10.6. The Morgan fingerprint density at radius 2 is 2.04 bits per heavy atom. The Bertz CT molecular complexity index is 872. The van der Waals surface area contributed by atoms with Crippen molar-refractivity contribution in [2.24, 2.45) is 0 Å². The standard InChI is InChI=1S/C9H9ClO.C9H6O3/c1-7(11)6-8-2-4-9(10)5-3-8;10-7-5-9(11)12-8-4-2-1-3-6(7)8/h2,4-6H,3H2,1H3;1-5,10H/b8-6+;. The first-order chi connectivity index (χ1) is 11.0. The molecule has 5 heteroatoms. The van der Waals surface area contributed by atoms with Gasteiger partial charge in [0.1, 0.15) is 11.3 Å². The first-order valence-corrected chi connectivity index (χ1v) is 7.30. The van der Waals surface area contributed by atoms with Crippen molar-refractivity contribution in [3.8, 4) is 5.75 Å². The van der Waals surface area contributed by atoms with Crippen molar-refractivity contribution >= 4 is 28.4 Å². The average Bonchev–Trinajstić information content (AvgIpc) is 2.50. The fourth-order valence-corrected chi connectivity index (χ4v) is 2.14. The summed E-state index contributed by atoms with van der Waals surface area (Å²) < 4.78 is 4.83. The summed E-state index contributed by atoms with van der Waals surface area (Å²) in [6, 6.07) is 7.89. The number of hydrogen-bond acceptors (Lipinski definition) is 4. The number of allylic oxidation sites excluding steroid dienone is 6. The van der Waals surface area contributed by atoms with Crippen LogP contribution >= 0.6 is 11.6 Å². The van der Waals surface area contributed by atoms with Crippen molar-refractivity contribution in [3.63, 3.8) is 0 Å². The fourth-order valence-electron chi connectivity index (χ4n) is 2.00. The Hall–Kier alpha value is -2.59. The fraction of sp³-hybridized carbons (Fsp3) is 0.111. The van der Waals surface area contributed by atoms with E-state index < -0.39 is 5.63 Å². The molecule has 1 aliphatic carbocycles. The highest BCUT2D eigenvalue weighted by molar-refractivity contribution is 6.31. The number of rotatable bonds is 1. The van der Waals surface area contributed by atoms with Gasteiger partial charge in [0.15, 0.2) is 5.78 Å². The van der Waals surface area contributed by atoms with Gasteiger partial charge in [-0.2, -0.15) is 0 Å². The monoisotopic (exact) mass is 330 g/mol. The smallest absolute Gasteiger partial charge is 0.339 e. The van der Waals surface area contributed by atoms with Gasteiger partial charge in [-0.3, -0.25) is 4.79 Å². The zero-order valence-corrected chi connectivity index (χ0v) is 13.2. The van der Waals surface area contributed by atoms with Gasteiger partial charge in [0.2, 0.25) is 0 Å². The Kier molecular flexibility index (Phi) is 5.55. The number of para-hydroxylation sites is 1. The normalized spacial score (nSPS) is 15.0. The molecule has 1 aromatic heterocycles. The lowest BCUT2D eigenvalue weighted by Gasteiger charge is -2.02. The predicted octanol–water partition coefficient (Wildman–Crippen LogP) is 4.08. The molecule has 2 aromatic rings. The van der Waals surface area contributed by atoms with Crippen LogP contribution in [0.5, 0.6) is 5.75 Å². The van der Waals surface area contributed by atoms with Gasteiger partial charge in [0, 0.05) is 5.03 Å². The van der Waals surface area contributed by atoms with Gasteiger partial charge in [-0.25, -0.2) is 4.79 Å². The van der Waals surface area contributed by atoms with Crippen LogP contribution in [0.4, 0.5) is 0 Å². The maximum atomic E-state index is 10.8. The lowest BCUT2D eigenvalue weighted by Crippen LogP contribution is -1.94. The van der Waals surface area contributed by atoms with Gasteiger partial charge in [-0.1, -0.05) is 35.9 Å². The van der Waals surface area contributed by atoms with Crippen LogP contribution in [0, 0.1) is 0 Å². The Morgan fingerprint density at radius 1 is 1.30 bits per heavy atom. The maximum Gasteiger partial charge on any atom is 0.339 e. The van der Waals surface area contributed by atoms with E-state index in [1.54, 1.807) is 43.3 Å². The molecular formula is C18H15ClO4. The van der Waals surface area contributed by atoms with Crippen molar-refractivity contribution in [3.05, 3.63) is 75.7 Å². The van der Waals surface area contributed by atoms with Gasteiger partial charge in [0.05, 0.1) is 11.5 Å². The van der Waals surface area contributed by atoms with E-state index in [0.717, 1.165) is 23.1 Å². The third-order valence-electron chi connectivity index (χ3n) is 3.01. The molecule has 0 radical (unpaired) electrons. The number of benzene rings is 1. The highest BCUT2D eigenvalue weighted by atomic mass is 35.5. The highest BCUT2D eigenvalue weighted by Gasteiger charge is 2.01. The number of carbonyl (C=O) groups excluding carboxylic acids is 1. The summed E-state index contributed by atoms with van der Waals surface area (Å²) >= 11 is 5.68. The largest absolute Gasteiger partial charge is 0.507 e. The lowest BCUT2D eigenvalue weighted by molar-refractivity contribution is -0.112. The highest BCUT2D eigenvalue weighted by Crippen LogP contribution is 2.21. The van der Waals surface area contributed by atoms with Gasteiger partial charge >= 0.3 is 5.63 Å². The van der Waals surface area contributed by atoms with E-state index in [0.29, 0.717) is 11.0 Å². The molecule has 0 amide bonds. The molecule has 0 bridgehead atoms. The number of fused-ring (bicyclic) bond motifs is 1. The van der Waals surface area contributed by atoms with Crippen molar-refractivity contribution in [1.29, 1.82) is 0 Å². The van der Waals surface area contributed by atoms with E-state index >= 15 is 0 Å². The molecule has 0 atom stereocenters. The summed E-state index contributed by atoms with van der Waals surface area (Å²) in [4.78, 5) is 21.4. The minimum absolute atomic E-state index is 0.0400. The van der Waals surface area contributed by atoms with E-state index in [-0.39, 0.29) is 11.5 Å². The molecule has 118 valence electrons. The van der Waals surface area contributed by atoms with Gasteiger partial charge in [-0.15, -0.1) is 0 Å². The molecule has 0 aliphatic heterocycles. The predicted molar refractivity (Wildman–Crippen MR) is 90.6 cm³/mol.